The first-order chi connectivity index (χ1) is 21.0. The van der Waals surface area contributed by atoms with E-state index in [1.54, 1.807) is 0 Å². The Bertz CT molecular complexity index is 1620. The van der Waals surface area contributed by atoms with Gasteiger partial charge in [-0.15, -0.1) is 0 Å². The molecule has 2 aromatic heterocycles. The van der Waals surface area contributed by atoms with Crippen LogP contribution in [0.15, 0.2) is 71.7 Å². The number of aliphatic hydroxyl groups excluding tert-OH is 1. The first-order valence-electron chi connectivity index (χ1n) is 15.2. The van der Waals surface area contributed by atoms with Crippen LogP contribution in [0.3, 0.4) is 0 Å². The molecule has 2 fully saturated rings. The number of aryl methyl sites for hydroxylation is 1. The molecule has 0 aliphatic carbocycles. The summed E-state index contributed by atoms with van der Waals surface area (Å²) in [6.45, 7) is 8.70. The van der Waals surface area contributed by atoms with Crippen molar-refractivity contribution in [3.63, 3.8) is 0 Å². The molecule has 2 aromatic carbocycles. The summed E-state index contributed by atoms with van der Waals surface area (Å²) in [6, 6.07) is 23.5. The summed E-state index contributed by atoms with van der Waals surface area (Å²) in [6.07, 6.45) is 3.86. The number of pyridine rings is 1. The standard InChI is InChI=1S/C34H39N7O2/c1-25-23-41(34(43)36-25)30-11-13-39(14-12-30)24-26-7-9-28(10-8-26)32-31(27-5-3-2-4-6-27)21-29(22-35)33(37-32)40-17-15-38(16-18-40)19-20-42/h2-10,21,23,30,42H,11-20,24H2,1H3,(H,36,43). The Morgan fingerprint density at radius 2 is 1.67 bits per heavy atom. The summed E-state index contributed by atoms with van der Waals surface area (Å²) in [5.41, 5.74) is 6.60. The normalized spacial score (nSPS) is 16.8. The zero-order chi connectivity index (χ0) is 29.8. The maximum absolute atomic E-state index is 12.2. The van der Waals surface area contributed by atoms with Crippen molar-refractivity contribution in [1.29, 1.82) is 5.26 Å². The smallest absolute Gasteiger partial charge is 0.325 e. The largest absolute Gasteiger partial charge is 0.395 e. The molecule has 4 heterocycles. The molecule has 0 saturated carbocycles. The molecular formula is C34H39N7O2. The second-order valence-electron chi connectivity index (χ2n) is 11.6. The number of nitrogens with one attached hydrogen (secondary N) is 1. The Balaban J connectivity index is 1.22. The Morgan fingerprint density at radius 1 is 0.953 bits per heavy atom. The first-order valence-corrected chi connectivity index (χ1v) is 15.2. The van der Waals surface area contributed by atoms with Crippen LogP contribution < -0.4 is 10.6 Å². The number of piperazine rings is 1. The number of imidazole rings is 1. The number of anilines is 1. The van der Waals surface area contributed by atoms with Gasteiger partial charge < -0.3 is 15.0 Å². The van der Waals surface area contributed by atoms with E-state index in [1.165, 1.54) is 5.56 Å². The second kappa shape index (κ2) is 13.0. The molecular weight excluding hydrogens is 538 g/mol. The van der Waals surface area contributed by atoms with Gasteiger partial charge in [0.25, 0.3) is 0 Å². The molecule has 9 nitrogen and oxygen atoms in total. The average Bonchev–Trinajstić information content (AvgIpc) is 3.39. The van der Waals surface area contributed by atoms with E-state index in [0.29, 0.717) is 12.1 Å². The lowest BCUT2D eigenvalue weighted by molar-refractivity contribution is 0.178. The van der Waals surface area contributed by atoms with Crippen molar-refractivity contribution in [2.45, 2.75) is 32.4 Å². The number of H-pyrrole nitrogens is 1. The van der Waals surface area contributed by atoms with E-state index in [9.17, 15) is 15.2 Å². The van der Waals surface area contributed by atoms with E-state index >= 15 is 0 Å². The van der Waals surface area contributed by atoms with Crippen molar-refractivity contribution in [1.82, 2.24) is 24.3 Å². The SMILES string of the molecule is Cc1cn(C2CCN(Cc3ccc(-c4nc(N5CCN(CCO)CC5)c(C#N)cc4-c4ccccc4)cc3)CC2)c(=O)[nH]1. The molecule has 0 unspecified atom stereocenters. The summed E-state index contributed by atoms with van der Waals surface area (Å²) in [4.78, 5) is 27.2. The van der Waals surface area contributed by atoms with Gasteiger partial charge in [-0.3, -0.25) is 14.4 Å². The van der Waals surface area contributed by atoms with Crippen LogP contribution in [0.5, 0.6) is 0 Å². The van der Waals surface area contributed by atoms with Crippen LogP contribution in [0.25, 0.3) is 22.4 Å². The van der Waals surface area contributed by atoms with Crippen molar-refractivity contribution < 1.29 is 5.11 Å². The van der Waals surface area contributed by atoms with Crippen LogP contribution in [0.1, 0.15) is 35.7 Å². The van der Waals surface area contributed by atoms with Gasteiger partial charge in [-0.1, -0.05) is 54.6 Å². The highest BCUT2D eigenvalue weighted by Gasteiger charge is 2.24. The molecule has 0 spiro atoms. The highest BCUT2D eigenvalue weighted by molar-refractivity contribution is 5.84. The van der Waals surface area contributed by atoms with Crippen LogP contribution >= 0.6 is 0 Å². The Kier molecular flexibility index (Phi) is 8.70. The predicted octanol–water partition coefficient (Wildman–Crippen LogP) is 4.04. The molecule has 0 radical (unpaired) electrons. The Morgan fingerprint density at radius 3 is 2.30 bits per heavy atom. The van der Waals surface area contributed by atoms with Crippen molar-refractivity contribution in [2.24, 2.45) is 0 Å². The monoisotopic (exact) mass is 577 g/mol. The van der Waals surface area contributed by atoms with Crippen LogP contribution in [0.2, 0.25) is 0 Å². The minimum atomic E-state index is -0.00932. The highest BCUT2D eigenvalue weighted by atomic mass is 16.3. The van der Waals surface area contributed by atoms with Crippen molar-refractivity contribution in [3.8, 4) is 28.5 Å². The lowest BCUT2D eigenvalue weighted by Gasteiger charge is -2.35. The number of aliphatic hydroxyl groups is 1. The minimum absolute atomic E-state index is 0.00932. The molecule has 2 aliphatic heterocycles. The van der Waals surface area contributed by atoms with Crippen molar-refractivity contribution in [3.05, 3.63) is 94.2 Å². The molecule has 4 aromatic rings. The van der Waals surface area contributed by atoms with E-state index in [1.807, 2.05) is 42.0 Å². The Labute approximate surface area is 252 Å². The molecule has 43 heavy (non-hydrogen) atoms. The maximum Gasteiger partial charge on any atom is 0.325 e. The zero-order valence-corrected chi connectivity index (χ0v) is 24.7. The average molecular weight is 578 g/mol. The molecule has 6 rings (SSSR count). The number of β-amino-alcohol motifs (C(OH)–C–C–N with tert-alkyl or cyclic N) is 1. The summed E-state index contributed by atoms with van der Waals surface area (Å²) >= 11 is 0. The molecule has 2 aliphatic rings. The number of piperidine rings is 1. The number of rotatable bonds is 8. The lowest BCUT2D eigenvalue weighted by atomic mass is 9.96. The van der Waals surface area contributed by atoms with Gasteiger partial charge in [0.15, 0.2) is 0 Å². The molecule has 0 bridgehead atoms. The maximum atomic E-state index is 12.2. The molecule has 0 amide bonds. The highest BCUT2D eigenvalue weighted by Crippen LogP contribution is 2.35. The van der Waals surface area contributed by atoms with Crippen LogP contribution in [-0.2, 0) is 6.54 Å². The second-order valence-corrected chi connectivity index (χ2v) is 11.6. The number of nitrogens with zero attached hydrogens (tertiary/aromatic N) is 6. The number of benzene rings is 2. The number of hydrogen-bond donors (Lipinski definition) is 2. The third-order valence-electron chi connectivity index (χ3n) is 8.75. The fraction of sp³-hybridized carbons (Fsp3) is 0.382. The molecule has 0 atom stereocenters. The predicted molar refractivity (Wildman–Crippen MR) is 169 cm³/mol. The van der Waals surface area contributed by atoms with E-state index in [0.717, 1.165) is 92.6 Å². The van der Waals surface area contributed by atoms with Gasteiger partial charge >= 0.3 is 5.69 Å². The van der Waals surface area contributed by atoms with E-state index in [2.05, 4.69) is 62.2 Å². The zero-order valence-electron chi connectivity index (χ0n) is 24.7. The topological polar surface area (TPSA) is 104 Å². The Hall–Kier alpha value is -4.23. The fourth-order valence-corrected chi connectivity index (χ4v) is 6.40. The molecule has 222 valence electrons. The van der Waals surface area contributed by atoms with Crippen LogP contribution in [0, 0.1) is 18.3 Å². The number of aromatic nitrogens is 3. The van der Waals surface area contributed by atoms with Crippen LogP contribution in [-0.4, -0.2) is 81.9 Å². The van der Waals surface area contributed by atoms with Gasteiger partial charge in [-0.2, -0.15) is 5.26 Å². The molecule has 9 heteroatoms. The van der Waals surface area contributed by atoms with Crippen LogP contribution in [0.4, 0.5) is 5.82 Å². The van der Waals surface area contributed by atoms with Gasteiger partial charge in [0.05, 0.1) is 17.9 Å². The van der Waals surface area contributed by atoms with Gasteiger partial charge in [0.1, 0.15) is 11.9 Å². The van der Waals surface area contributed by atoms with E-state index in [-0.39, 0.29) is 18.3 Å². The molecule has 2 N–H and O–H groups in total. The van der Waals surface area contributed by atoms with Gasteiger partial charge in [-0.05, 0) is 37.0 Å². The lowest BCUT2D eigenvalue weighted by Crippen LogP contribution is -2.47. The first kappa shape index (κ1) is 28.9. The van der Waals surface area contributed by atoms with E-state index in [4.69, 9.17) is 4.98 Å². The van der Waals surface area contributed by atoms with Gasteiger partial charge in [0, 0.05) is 81.4 Å². The number of aromatic amines is 1. The summed E-state index contributed by atoms with van der Waals surface area (Å²) in [5, 5.41) is 19.5. The third-order valence-corrected chi connectivity index (χ3v) is 8.75. The number of hydrogen-bond acceptors (Lipinski definition) is 7. The summed E-state index contributed by atoms with van der Waals surface area (Å²) in [5.74, 6) is 0.726. The van der Waals surface area contributed by atoms with Crippen molar-refractivity contribution >= 4 is 5.82 Å². The summed E-state index contributed by atoms with van der Waals surface area (Å²) in [7, 11) is 0. The third kappa shape index (κ3) is 6.42. The quantitative estimate of drug-likeness (QED) is 0.326. The van der Waals surface area contributed by atoms with Crippen molar-refractivity contribution in [2.75, 3.05) is 57.3 Å². The minimum Gasteiger partial charge on any atom is -0.395 e. The number of likely N-dealkylation sites (tertiary alicyclic amines) is 1. The van der Waals surface area contributed by atoms with Gasteiger partial charge in [-0.25, -0.2) is 9.78 Å². The van der Waals surface area contributed by atoms with E-state index < -0.39 is 0 Å². The fourth-order valence-electron chi connectivity index (χ4n) is 6.40. The summed E-state index contributed by atoms with van der Waals surface area (Å²) < 4.78 is 1.86. The number of nitriles is 1. The van der Waals surface area contributed by atoms with Gasteiger partial charge in [0.2, 0.25) is 0 Å². The molecule has 2 saturated heterocycles.